The van der Waals surface area contributed by atoms with Gasteiger partial charge in [0, 0.05) is 63.9 Å². The summed E-state index contributed by atoms with van der Waals surface area (Å²) in [4.78, 5) is 41.6. The Morgan fingerprint density at radius 1 is 1.03 bits per heavy atom. The average Bonchev–Trinajstić information content (AvgIpc) is 3.54. The van der Waals surface area contributed by atoms with Gasteiger partial charge in [0.05, 0.1) is 12.2 Å². The minimum absolute atomic E-state index is 0. The van der Waals surface area contributed by atoms with Gasteiger partial charge in [-0.3, -0.25) is 14.6 Å². The van der Waals surface area contributed by atoms with Crippen molar-refractivity contribution in [1.82, 2.24) is 25.6 Å². The van der Waals surface area contributed by atoms with Crippen molar-refractivity contribution >= 4 is 63.7 Å². The minimum atomic E-state index is -0.181. The first-order chi connectivity index (χ1) is 18.0. The number of halogens is 2. The summed E-state index contributed by atoms with van der Waals surface area (Å²) in [6, 6.07) is 11.0. The standard InChI is InChI=1S/C27H27ClN6O2S.ClH/c28-17-6-5-16-13-23(30-22(16)14-17)25(35)31-19-3-1-2-4-20(19)32-26(36)27-33-21-9-12-34(15-24(21)37-27)18-7-10-29-11-8-18;/h5-8,10-11,13-14,19-20,30H,1-4,9,12,15H2,(H,31,35)(H,32,36);1H/t19-,20+;/m0./s1. The summed E-state index contributed by atoms with van der Waals surface area (Å²) in [7, 11) is 0. The van der Waals surface area contributed by atoms with E-state index in [1.807, 2.05) is 24.3 Å². The van der Waals surface area contributed by atoms with E-state index in [1.165, 1.54) is 11.3 Å². The van der Waals surface area contributed by atoms with E-state index >= 15 is 0 Å². The van der Waals surface area contributed by atoms with Crippen molar-refractivity contribution in [2.45, 2.75) is 50.7 Å². The first-order valence-corrected chi connectivity index (χ1v) is 13.8. The number of rotatable bonds is 5. The van der Waals surface area contributed by atoms with Gasteiger partial charge in [-0.15, -0.1) is 23.7 Å². The molecule has 3 aromatic heterocycles. The molecule has 1 aromatic carbocycles. The van der Waals surface area contributed by atoms with Gasteiger partial charge in [0.1, 0.15) is 5.69 Å². The topological polar surface area (TPSA) is 103 Å². The first kappa shape index (κ1) is 26.5. The van der Waals surface area contributed by atoms with Crippen LogP contribution in [0.2, 0.25) is 5.02 Å². The van der Waals surface area contributed by atoms with Gasteiger partial charge < -0.3 is 20.5 Å². The van der Waals surface area contributed by atoms with Crippen LogP contribution >= 0.6 is 35.3 Å². The maximum absolute atomic E-state index is 13.2. The molecule has 4 aromatic rings. The fraction of sp³-hybridized carbons (Fsp3) is 0.333. The predicted molar refractivity (Wildman–Crippen MR) is 153 cm³/mol. The van der Waals surface area contributed by atoms with E-state index in [9.17, 15) is 9.59 Å². The van der Waals surface area contributed by atoms with Crippen LogP contribution < -0.4 is 15.5 Å². The summed E-state index contributed by atoms with van der Waals surface area (Å²) >= 11 is 7.54. The number of nitrogens with one attached hydrogen (secondary N) is 3. The lowest BCUT2D eigenvalue weighted by molar-refractivity contribution is 0.0860. The van der Waals surface area contributed by atoms with Crippen LogP contribution in [0.4, 0.5) is 5.69 Å². The fourth-order valence-electron chi connectivity index (χ4n) is 5.24. The number of H-pyrrole nitrogens is 1. The van der Waals surface area contributed by atoms with Gasteiger partial charge in [0.2, 0.25) is 0 Å². The van der Waals surface area contributed by atoms with E-state index < -0.39 is 0 Å². The third-order valence-electron chi connectivity index (χ3n) is 7.18. The van der Waals surface area contributed by atoms with Crippen molar-refractivity contribution in [2.24, 2.45) is 0 Å². The maximum Gasteiger partial charge on any atom is 0.280 e. The van der Waals surface area contributed by atoms with Gasteiger partial charge in [-0.2, -0.15) is 0 Å². The zero-order chi connectivity index (χ0) is 25.4. The summed E-state index contributed by atoms with van der Waals surface area (Å²) in [5.74, 6) is -0.347. The first-order valence-electron chi connectivity index (χ1n) is 12.6. The summed E-state index contributed by atoms with van der Waals surface area (Å²) in [5, 5.41) is 8.35. The molecular weight excluding hydrogens is 543 g/mol. The SMILES string of the molecule is Cl.O=C(N[C@H]1CCCC[C@H]1NC(=O)c1nc2c(s1)CN(c1ccncc1)CC2)c1cc2ccc(Cl)cc2[nH]1. The number of nitrogens with zero attached hydrogens (tertiary/aromatic N) is 3. The smallest absolute Gasteiger partial charge is 0.280 e. The Bertz CT molecular complexity index is 1460. The molecule has 0 unspecified atom stereocenters. The van der Waals surface area contributed by atoms with Crippen LogP contribution in [0.3, 0.4) is 0 Å². The second-order valence-electron chi connectivity index (χ2n) is 9.62. The Morgan fingerprint density at radius 2 is 1.76 bits per heavy atom. The number of thiazole rings is 1. The predicted octanol–water partition coefficient (Wildman–Crippen LogP) is 5.13. The Kier molecular flexibility index (Phi) is 7.88. The zero-order valence-electron chi connectivity index (χ0n) is 20.6. The molecule has 2 aliphatic rings. The van der Waals surface area contributed by atoms with E-state index in [2.05, 4.69) is 30.5 Å². The molecule has 1 fully saturated rings. The summed E-state index contributed by atoms with van der Waals surface area (Å²) in [6.07, 6.45) is 8.05. The highest BCUT2D eigenvalue weighted by molar-refractivity contribution is 7.13. The molecule has 2 atom stereocenters. The van der Waals surface area contributed by atoms with E-state index in [-0.39, 0.29) is 36.3 Å². The number of benzene rings is 1. The molecule has 0 radical (unpaired) electrons. The summed E-state index contributed by atoms with van der Waals surface area (Å²) < 4.78 is 0. The van der Waals surface area contributed by atoms with E-state index in [0.29, 0.717) is 15.7 Å². The fourth-order valence-corrected chi connectivity index (χ4v) is 6.44. The molecule has 1 aliphatic heterocycles. The number of fused-ring (bicyclic) bond motifs is 2. The van der Waals surface area contributed by atoms with Crippen LogP contribution in [-0.2, 0) is 13.0 Å². The lowest BCUT2D eigenvalue weighted by Gasteiger charge is -2.32. The van der Waals surface area contributed by atoms with Crippen molar-refractivity contribution in [1.29, 1.82) is 0 Å². The Labute approximate surface area is 235 Å². The van der Waals surface area contributed by atoms with Crippen molar-refractivity contribution < 1.29 is 9.59 Å². The number of anilines is 1. The molecule has 11 heteroatoms. The van der Waals surface area contributed by atoms with Crippen LogP contribution in [0, 0.1) is 0 Å². The molecule has 4 heterocycles. The van der Waals surface area contributed by atoms with Gasteiger partial charge >= 0.3 is 0 Å². The van der Waals surface area contributed by atoms with Crippen molar-refractivity contribution in [3.05, 3.63) is 75.1 Å². The maximum atomic E-state index is 13.2. The van der Waals surface area contributed by atoms with Gasteiger partial charge in [-0.05, 0) is 43.2 Å². The minimum Gasteiger partial charge on any atom is -0.366 e. The monoisotopic (exact) mass is 570 g/mol. The highest BCUT2D eigenvalue weighted by atomic mass is 35.5. The summed E-state index contributed by atoms with van der Waals surface area (Å²) in [6.45, 7) is 1.60. The lowest BCUT2D eigenvalue weighted by Crippen LogP contribution is -2.53. The second-order valence-corrected chi connectivity index (χ2v) is 11.1. The van der Waals surface area contributed by atoms with Crippen LogP contribution in [0.25, 0.3) is 10.9 Å². The molecule has 1 aliphatic carbocycles. The molecule has 0 saturated heterocycles. The quantitative estimate of drug-likeness (QED) is 0.308. The molecule has 38 heavy (non-hydrogen) atoms. The number of carbonyl (C=O) groups is 2. The normalized spacial score (nSPS) is 18.9. The average molecular weight is 572 g/mol. The van der Waals surface area contributed by atoms with E-state index in [4.69, 9.17) is 11.6 Å². The molecular formula is C27H28Cl2N6O2S. The zero-order valence-corrected chi connectivity index (χ0v) is 23.0. The molecule has 8 nitrogen and oxygen atoms in total. The molecule has 0 spiro atoms. The largest absolute Gasteiger partial charge is 0.366 e. The molecule has 6 rings (SSSR count). The second kappa shape index (κ2) is 11.3. The highest BCUT2D eigenvalue weighted by Crippen LogP contribution is 2.29. The Balaban J connectivity index is 0.00000294. The number of aromatic nitrogens is 3. The number of hydrogen-bond donors (Lipinski definition) is 3. The summed E-state index contributed by atoms with van der Waals surface area (Å²) in [5.41, 5.74) is 3.44. The molecule has 198 valence electrons. The van der Waals surface area contributed by atoms with Crippen molar-refractivity contribution in [3.8, 4) is 0 Å². The highest BCUT2D eigenvalue weighted by Gasteiger charge is 2.30. The Hall–Kier alpha value is -3.14. The van der Waals surface area contributed by atoms with Crippen LogP contribution in [0.5, 0.6) is 0 Å². The molecule has 1 saturated carbocycles. The van der Waals surface area contributed by atoms with Crippen LogP contribution in [0.1, 0.15) is 56.5 Å². The number of amides is 2. The molecule has 3 N–H and O–H groups in total. The van der Waals surface area contributed by atoms with Gasteiger partial charge in [0.25, 0.3) is 11.8 Å². The van der Waals surface area contributed by atoms with Gasteiger partial charge in [-0.1, -0.05) is 30.5 Å². The van der Waals surface area contributed by atoms with Gasteiger partial charge in [-0.25, -0.2) is 4.98 Å². The third kappa shape index (κ3) is 5.50. The lowest BCUT2D eigenvalue weighted by atomic mass is 9.90. The number of carbonyl (C=O) groups excluding carboxylic acids is 2. The van der Waals surface area contributed by atoms with E-state index in [1.54, 1.807) is 24.5 Å². The van der Waals surface area contributed by atoms with Crippen LogP contribution in [-0.4, -0.2) is 45.4 Å². The number of pyridine rings is 1. The molecule has 2 amide bonds. The van der Waals surface area contributed by atoms with E-state index in [0.717, 1.165) is 72.4 Å². The number of hydrogen-bond acceptors (Lipinski definition) is 6. The Morgan fingerprint density at radius 3 is 2.53 bits per heavy atom. The van der Waals surface area contributed by atoms with Gasteiger partial charge in [0.15, 0.2) is 5.01 Å². The number of aromatic amines is 1. The van der Waals surface area contributed by atoms with Crippen LogP contribution in [0.15, 0.2) is 48.8 Å². The van der Waals surface area contributed by atoms with Crippen molar-refractivity contribution in [2.75, 3.05) is 11.4 Å². The third-order valence-corrected chi connectivity index (χ3v) is 8.50. The van der Waals surface area contributed by atoms with Crippen molar-refractivity contribution in [3.63, 3.8) is 0 Å². The molecule has 0 bridgehead atoms.